The number of carbonyl (C=O) groups is 1. The minimum absolute atomic E-state index is 0.0655. The molecule has 6 heterocycles. The second kappa shape index (κ2) is 14.7. The molecule has 4 aliphatic rings. The number of ether oxygens (including phenoxy) is 1. The van der Waals surface area contributed by atoms with Crippen molar-refractivity contribution in [2.75, 3.05) is 37.7 Å². The summed E-state index contributed by atoms with van der Waals surface area (Å²) in [7, 11) is -2.14. The van der Waals surface area contributed by atoms with E-state index in [0.717, 1.165) is 60.7 Å². The molecule has 57 heavy (non-hydrogen) atoms. The fourth-order valence-corrected chi connectivity index (χ4v) is 16.2. The maximum Gasteiger partial charge on any atom is 0.407 e. The quantitative estimate of drug-likeness (QED) is 0.107. The first-order chi connectivity index (χ1) is 27.1. The van der Waals surface area contributed by atoms with E-state index in [1.807, 2.05) is 30.3 Å². The van der Waals surface area contributed by atoms with E-state index < -0.39 is 20.0 Å². The topological polar surface area (TPSA) is 94.9 Å². The largest absolute Gasteiger partial charge is 0.465 e. The predicted molar refractivity (Wildman–Crippen MR) is 229 cm³/mol. The summed E-state index contributed by atoms with van der Waals surface area (Å²) in [6.07, 6.45) is 3.79. The first-order valence-corrected chi connectivity index (χ1v) is 22.8. The molecule has 4 saturated heterocycles. The molecule has 2 aromatic heterocycles. The highest BCUT2D eigenvalue weighted by Gasteiger charge is 2.48. The number of pyridine rings is 1. The van der Waals surface area contributed by atoms with E-state index in [1.54, 1.807) is 11.1 Å². The summed E-state index contributed by atoms with van der Waals surface area (Å²) < 4.78 is 24.0. The zero-order chi connectivity index (χ0) is 40.6. The zero-order valence-electron chi connectivity index (χ0n) is 33.8. The number of anilines is 1. The molecule has 4 aliphatic heterocycles. The Morgan fingerprint density at radius 3 is 2.28 bits per heavy atom. The minimum Gasteiger partial charge on any atom is -0.465 e. The number of fused-ring (bicyclic) bond motifs is 5. The molecule has 0 unspecified atom stereocenters. The number of aromatic nitrogens is 3. The van der Waals surface area contributed by atoms with Gasteiger partial charge in [0.05, 0.1) is 33.6 Å². The third-order valence-corrected chi connectivity index (χ3v) is 19.9. The molecule has 12 heteroatoms. The van der Waals surface area contributed by atoms with E-state index in [-0.39, 0.29) is 34.8 Å². The van der Waals surface area contributed by atoms with Crippen molar-refractivity contribution in [1.29, 1.82) is 0 Å². The number of hydrogen-bond acceptors (Lipinski definition) is 7. The van der Waals surface area contributed by atoms with Crippen LogP contribution in [-0.2, 0) is 0 Å². The minimum atomic E-state index is -2.14. The van der Waals surface area contributed by atoms with Crippen molar-refractivity contribution < 1.29 is 19.0 Å². The van der Waals surface area contributed by atoms with Crippen molar-refractivity contribution in [3.05, 3.63) is 77.2 Å². The van der Waals surface area contributed by atoms with Gasteiger partial charge in [-0.2, -0.15) is 9.97 Å². The molecule has 9 nitrogen and oxygen atoms in total. The van der Waals surface area contributed by atoms with E-state index in [4.69, 9.17) is 31.3 Å². The van der Waals surface area contributed by atoms with Crippen LogP contribution in [0.25, 0.3) is 32.9 Å². The SMILES string of the molecule is C=C1CN2CC(=C)CC2(COc2nc(N3C[C@H]4CC[C@@H](C3)N4C(=O)O)c3cnc(-c4cccc5ccc(Cl)c(C#C[Si](C(C)C)(C(C)C)C(C)C)c45)c(F)c3n2)C1. The Morgan fingerprint density at radius 2 is 1.67 bits per heavy atom. The first kappa shape index (κ1) is 39.3. The van der Waals surface area contributed by atoms with E-state index in [0.29, 0.717) is 63.7 Å². The van der Waals surface area contributed by atoms with Crippen LogP contribution in [0.4, 0.5) is 15.0 Å². The predicted octanol–water partition coefficient (Wildman–Crippen LogP) is 9.88. The zero-order valence-corrected chi connectivity index (χ0v) is 35.6. The van der Waals surface area contributed by atoms with E-state index in [9.17, 15) is 9.90 Å². The number of piperazine rings is 1. The third-order valence-electron chi connectivity index (χ3n) is 13.3. The van der Waals surface area contributed by atoms with Gasteiger partial charge in [0, 0.05) is 43.3 Å². The molecular formula is C45H52ClFN6O3Si. The highest BCUT2D eigenvalue weighted by molar-refractivity contribution is 6.90. The first-order valence-electron chi connectivity index (χ1n) is 20.2. The van der Waals surface area contributed by atoms with E-state index in [1.165, 1.54) is 0 Å². The van der Waals surface area contributed by atoms with Gasteiger partial charge in [0.25, 0.3) is 0 Å². The third kappa shape index (κ3) is 6.58. The molecule has 4 fully saturated rings. The van der Waals surface area contributed by atoms with Crippen LogP contribution in [0.5, 0.6) is 6.01 Å². The Morgan fingerprint density at radius 1 is 1.02 bits per heavy atom. The van der Waals surface area contributed by atoms with Crippen molar-refractivity contribution in [3.63, 3.8) is 0 Å². The lowest BCUT2D eigenvalue weighted by molar-refractivity contribution is 0.107. The number of amides is 1. The van der Waals surface area contributed by atoms with Gasteiger partial charge in [-0.15, -0.1) is 5.54 Å². The lowest BCUT2D eigenvalue weighted by Crippen LogP contribution is -2.55. The Labute approximate surface area is 341 Å². The van der Waals surface area contributed by atoms with Gasteiger partial charge < -0.3 is 14.7 Å². The van der Waals surface area contributed by atoms with Crippen LogP contribution < -0.4 is 9.64 Å². The van der Waals surface area contributed by atoms with Gasteiger partial charge in [0.2, 0.25) is 0 Å². The lowest BCUT2D eigenvalue weighted by Gasteiger charge is -2.40. The Kier molecular flexibility index (Phi) is 10.1. The van der Waals surface area contributed by atoms with E-state index in [2.05, 4.69) is 76.0 Å². The van der Waals surface area contributed by atoms with Crippen LogP contribution in [-0.4, -0.2) is 94.4 Å². The number of rotatable bonds is 8. The number of benzene rings is 2. The normalized spacial score (nSPS) is 20.7. The van der Waals surface area contributed by atoms with E-state index >= 15 is 4.39 Å². The molecule has 0 saturated carbocycles. The monoisotopic (exact) mass is 806 g/mol. The molecule has 4 aromatic rings. The molecule has 2 aromatic carbocycles. The summed E-state index contributed by atoms with van der Waals surface area (Å²) in [5.74, 6) is 3.46. The smallest absolute Gasteiger partial charge is 0.407 e. The molecule has 0 radical (unpaired) electrons. The summed E-state index contributed by atoms with van der Waals surface area (Å²) in [6.45, 7) is 24.9. The average molecular weight is 807 g/mol. The average Bonchev–Trinajstić information content (AvgIpc) is 3.73. The van der Waals surface area contributed by atoms with Crippen LogP contribution in [0.3, 0.4) is 0 Å². The Hall–Kier alpha value is -4.50. The van der Waals surface area contributed by atoms with Crippen LogP contribution in [0.1, 0.15) is 72.8 Å². The number of carboxylic acid groups (broad SMARTS) is 1. The standard InChI is InChI=1S/C45H52ClFN6O3Si/c1-26(2)57(27(3)4,28(5)6)17-16-34-37(46)15-12-31-10-9-11-35(38(31)34)40-39(47)41-36(20-48-40)42(51-23-32-13-14-33(24-51)53(32)44(54)55)50-43(49-41)56-25-45-18-29(7)21-52(45)22-30(8)19-45/h9-12,15,20,26-28,32-33H,7-8,13-14,18-19,21-25H2,1-6H3,(H,54,55)/t32-,33+. The molecule has 2 atom stereocenters. The number of nitrogens with zero attached hydrogens (tertiary/aromatic N) is 6. The molecule has 0 aliphatic carbocycles. The molecule has 1 amide bonds. The van der Waals surface area contributed by atoms with Gasteiger partial charge in [0.15, 0.2) is 5.82 Å². The van der Waals surface area contributed by atoms with Gasteiger partial charge in [-0.25, -0.2) is 9.18 Å². The second-order valence-corrected chi connectivity index (χ2v) is 23.7. The molecular weight excluding hydrogens is 755 g/mol. The number of hydrogen-bond donors (Lipinski definition) is 1. The Bertz CT molecular complexity index is 2330. The molecule has 298 valence electrons. The fraction of sp³-hybridized carbons (Fsp3) is 0.467. The van der Waals surface area contributed by atoms with Gasteiger partial charge in [0.1, 0.15) is 31.7 Å². The molecule has 2 bridgehead atoms. The van der Waals surface area contributed by atoms with Gasteiger partial charge in [-0.1, -0.05) is 108 Å². The maximum absolute atomic E-state index is 17.5. The van der Waals surface area contributed by atoms with Crippen LogP contribution in [0.15, 0.2) is 60.8 Å². The van der Waals surface area contributed by atoms with Crippen molar-refractivity contribution in [2.24, 2.45) is 0 Å². The fourth-order valence-electron chi connectivity index (χ4n) is 10.8. The molecule has 0 spiro atoms. The van der Waals surface area contributed by atoms with Gasteiger partial charge in [-0.3, -0.25) is 14.8 Å². The number of halogens is 2. The highest BCUT2D eigenvalue weighted by Crippen LogP contribution is 2.45. The van der Waals surface area contributed by atoms with Gasteiger partial charge in [-0.05, 0) is 53.8 Å². The summed E-state index contributed by atoms with van der Waals surface area (Å²) >= 11 is 7.00. The van der Waals surface area contributed by atoms with Crippen LogP contribution >= 0.6 is 11.6 Å². The maximum atomic E-state index is 17.5. The summed E-state index contributed by atoms with van der Waals surface area (Å²) in [5, 5.41) is 12.6. The Balaban J connectivity index is 1.27. The van der Waals surface area contributed by atoms with Gasteiger partial charge >= 0.3 is 12.1 Å². The van der Waals surface area contributed by atoms with Crippen molar-refractivity contribution in [3.8, 4) is 28.7 Å². The highest BCUT2D eigenvalue weighted by atomic mass is 35.5. The lowest BCUT2D eigenvalue weighted by atomic mass is 9.92. The summed E-state index contributed by atoms with van der Waals surface area (Å²) in [4.78, 5) is 32.7. The van der Waals surface area contributed by atoms with Crippen molar-refractivity contribution >= 4 is 53.3 Å². The second-order valence-electron chi connectivity index (χ2n) is 17.7. The molecule has 8 rings (SSSR count). The van der Waals surface area contributed by atoms with Crippen molar-refractivity contribution in [2.45, 2.75) is 101 Å². The summed E-state index contributed by atoms with van der Waals surface area (Å²) in [6, 6.07) is 9.25. The van der Waals surface area contributed by atoms with Crippen LogP contribution in [0.2, 0.25) is 21.6 Å². The molecule has 1 N–H and O–H groups in total. The summed E-state index contributed by atoms with van der Waals surface area (Å²) in [5.41, 5.74) is 8.55. The van der Waals surface area contributed by atoms with Crippen molar-refractivity contribution in [1.82, 2.24) is 24.8 Å². The van der Waals surface area contributed by atoms with Crippen LogP contribution in [0, 0.1) is 17.3 Å².